The van der Waals surface area contributed by atoms with Gasteiger partial charge in [-0.2, -0.15) is 0 Å². The fraction of sp³-hybridized carbons (Fsp3) is 0.429. The Morgan fingerprint density at radius 2 is 1.89 bits per heavy atom. The summed E-state index contributed by atoms with van der Waals surface area (Å²) in [6.45, 7) is 1.34. The van der Waals surface area contributed by atoms with Crippen LogP contribution in [0, 0.1) is 0 Å². The Morgan fingerprint density at radius 3 is 2.53 bits per heavy atom. The summed E-state index contributed by atoms with van der Waals surface area (Å²) in [6.07, 6.45) is 1.64. The smallest absolute Gasteiger partial charge is 0.337 e. The maximum absolute atomic E-state index is 12.3. The number of methoxy groups -OCH3 is 1. The molecule has 19 heavy (non-hydrogen) atoms. The van der Waals surface area contributed by atoms with Gasteiger partial charge < -0.3 is 15.4 Å². The molecule has 0 aliphatic carbocycles. The fourth-order valence-corrected chi connectivity index (χ4v) is 2.18. The molecule has 5 nitrogen and oxygen atoms in total. The van der Waals surface area contributed by atoms with E-state index in [-0.39, 0.29) is 11.9 Å². The molecule has 0 saturated carbocycles. The molecule has 0 radical (unpaired) electrons. The molecule has 1 amide bonds. The van der Waals surface area contributed by atoms with Crippen molar-refractivity contribution in [3.05, 3.63) is 35.4 Å². The minimum Gasteiger partial charge on any atom is -0.465 e. The summed E-state index contributed by atoms with van der Waals surface area (Å²) in [7, 11) is 1.32. The number of carbonyl (C=O) groups excluding carboxylic acids is 2. The molecule has 5 heteroatoms. The normalized spacial score (nSPS) is 16.2. The number of ether oxygens (including phenoxy) is 1. The molecule has 0 spiro atoms. The van der Waals surface area contributed by atoms with Crippen LogP contribution in [0.1, 0.15) is 33.6 Å². The highest BCUT2D eigenvalue weighted by Crippen LogP contribution is 2.14. The van der Waals surface area contributed by atoms with Crippen molar-refractivity contribution in [2.45, 2.75) is 18.9 Å². The van der Waals surface area contributed by atoms with Gasteiger partial charge in [0.1, 0.15) is 0 Å². The molecule has 2 rings (SSSR count). The van der Waals surface area contributed by atoms with E-state index in [1.807, 2.05) is 0 Å². The molecule has 2 N–H and O–H groups in total. The van der Waals surface area contributed by atoms with Gasteiger partial charge in [-0.05, 0) is 31.0 Å². The van der Waals surface area contributed by atoms with Gasteiger partial charge in [-0.1, -0.05) is 6.07 Å². The second-order valence-corrected chi connectivity index (χ2v) is 4.70. The topological polar surface area (TPSA) is 72.6 Å². The van der Waals surface area contributed by atoms with E-state index in [0.717, 1.165) is 12.8 Å². The number of amides is 1. The standard InChI is InChI=1S/C14H18N2O3/c1-19-14(18)11-4-2-3-10(9-11)13(17)16-7-5-12(15)6-8-16/h2-4,9,12H,5-8,15H2,1H3. The van der Waals surface area contributed by atoms with Crippen molar-refractivity contribution in [2.75, 3.05) is 20.2 Å². The molecule has 1 heterocycles. The summed E-state index contributed by atoms with van der Waals surface area (Å²) < 4.78 is 4.65. The average molecular weight is 262 g/mol. The maximum atomic E-state index is 12.3. The first kappa shape index (κ1) is 13.5. The lowest BCUT2D eigenvalue weighted by Crippen LogP contribution is -2.42. The highest BCUT2D eigenvalue weighted by molar-refractivity contribution is 5.97. The van der Waals surface area contributed by atoms with Crippen LogP contribution in [0.15, 0.2) is 24.3 Å². The van der Waals surface area contributed by atoms with Gasteiger partial charge in [-0.3, -0.25) is 4.79 Å². The molecule has 1 aliphatic rings. The third-order valence-electron chi connectivity index (χ3n) is 3.36. The van der Waals surface area contributed by atoms with E-state index in [1.54, 1.807) is 29.2 Å². The minimum absolute atomic E-state index is 0.0577. The van der Waals surface area contributed by atoms with Gasteiger partial charge in [0.15, 0.2) is 0 Å². The number of carbonyl (C=O) groups is 2. The number of hydrogen-bond acceptors (Lipinski definition) is 4. The molecule has 0 atom stereocenters. The van der Waals surface area contributed by atoms with Crippen LogP contribution in [-0.2, 0) is 4.74 Å². The average Bonchev–Trinajstić information content (AvgIpc) is 2.46. The predicted molar refractivity (Wildman–Crippen MR) is 70.9 cm³/mol. The Kier molecular flexibility index (Phi) is 4.16. The van der Waals surface area contributed by atoms with E-state index >= 15 is 0 Å². The number of hydrogen-bond donors (Lipinski definition) is 1. The van der Waals surface area contributed by atoms with Gasteiger partial charge in [0.2, 0.25) is 0 Å². The van der Waals surface area contributed by atoms with E-state index in [2.05, 4.69) is 4.74 Å². The second-order valence-electron chi connectivity index (χ2n) is 4.70. The number of benzene rings is 1. The van der Waals surface area contributed by atoms with E-state index < -0.39 is 5.97 Å². The quantitative estimate of drug-likeness (QED) is 0.808. The number of rotatable bonds is 2. The van der Waals surface area contributed by atoms with E-state index in [4.69, 9.17) is 5.73 Å². The van der Waals surface area contributed by atoms with E-state index in [1.165, 1.54) is 7.11 Å². The number of likely N-dealkylation sites (tertiary alicyclic amines) is 1. The zero-order valence-corrected chi connectivity index (χ0v) is 11.0. The molecule has 1 aliphatic heterocycles. The van der Waals surface area contributed by atoms with Gasteiger partial charge >= 0.3 is 5.97 Å². The van der Waals surface area contributed by atoms with Gasteiger partial charge in [-0.25, -0.2) is 4.79 Å². The summed E-state index contributed by atoms with van der Waals surface area (Å²) in [5.74, 6) is -0.493. The van der Waals surface area contributed by atoms with Gasteiger partial charge in [0.05, 0.1) is 12.7 Å². The summed E-state index contributed by atoms with van der Waals surface area (Å²) in [4.78, 5) is 25.5. The lowest BCUT2D eigenvalue weighted by molar-refractivity contribution is 0.0600. The van der Waals surface area contributed by atoms with Crippen LogP contribution in [0.5, 0.6) is 0 Å². The van der Waals surface area contributed by atoms with Gasteiger partial charge in [0.25, 0.3) is 5.91 Å². The zero-order chi connectivity index (χ0) is 13.8. The number of nitrogens with two attached hydrogens (primary N) is 1. The van der Waals surface area contributed by atoms with Crippen molar-refractivity contribution in [3.8, 4) is 0 Å². The fourth-order valence-electron chi connectivity index (χ4n) is 2.18. The molecule has 1 fully saturated rings. The number of piperidine rings is 1. The van der Waals surface area contributed by atoms with Crippen molar-refractivity contribution in [1.29, 1.82) is 0 Å². The third kappa shape index (κ3) is 3.12. The molecule has 1 aromatic rings. The summed E-state index contributed by atoms with van der Waals surface area (Å²) >= 11 is 0. The predicted octanol–water partition coefficient (Wildman–Crippen LogP) is 1.04. The summed E-state index contributed by atoms with van der Waals surface area (Å²) in [5, 5.41) is 0. The van der Waals surface area contributed by atoms with Gasteiger partial charge in [0, 0.05) is 24.7 Å². The lowest BCUT2D eigenvalue weighted by Gasteiger charge is -2.30. The van der Waals surface area contributed by atoms with Crippen LogP contribution in [-0.4, -0.2) is 43.0 Å². The molecule has 1 saturated heterocycles. The Balaban J connectivity index is 2.13. The first-order chi connectivity index (χ1) is 9.11. The van der Waals surface area contributed by atoms with Crippen LogP contribution < -0.4 is 5.73 Å². The Morgan fingerprint density at radius 1 is 1.26 bits per heavy atom. The number of esters is 1. The zero-order valence-electron chi connectivity index (χ0n) is 11.0. The van der Waals surface area contributed by atoms with Crippen molar-refractivity contribution < 1.29 is 14.3 Å². The van der Waals surface area contributed by atoms with Crippen LogP contribution in [0.4, 0.5) is 0 Å². The largest absolute Gasteiger partial charge is 0.465 e. The van der Waals surface area contributed by atoms with Crippen molar-refractivity contribution >= 4 is 11.9 Å². The minimum atomic E-state index is -0.435. The third-order valence-corrected chi connectivity index (χ3v) is 3.36. The molecule has 102 valence electrons. The summed E-state index contributed by atoms with van der Waals surface area (Å²) in [6, 6.07) is 6.79. The number of nitrogens with zero attached hydrogens (tertiary/aromatic N) is 1. The van der Waals surface area contributed by atoms with E-state index in [0.29, 0.717) is 24.2 Å². The molecule has 0 bridgehead atoms. The molecular weight excluding hydrogens is 244 g/mol. The highest BCUT2D eigenvalue weighted by atomic mass is 16.5. The molecule has 0 unspecified atom stereocenters. The van der Waals surface area contributed by atoms with Crippen LogP contribution in [0.2, 0.25) is 0 Å². The Bertz CT molecular complexity index is 479. The van der Waals surface area contributed by atoms with Crippen LogP contribution in [0.25, 0.3) is 0 Å². The van der Waals surface area contributed by atoms with Crippen molar-refractivity contribution in [3.63, 3.8) is 0 Å². The Hall–Kier alpha value is -1.88. The molecule has 1 aromatic carbocycles. The molecular formula is C14H18N2O3. The second kappa shape index (κ2) is 5.84. The molecule has 0 aromatic heterocycles. The Labute approximate surface area is 112 Å². The first-order valence-corrected chi connectivity index (χ1v) is 6.35. The maximum Gasteiger partial charge on any atom is 0.337 e. The monoisotopic (exact) mass is 262 g/mol. The van der Waals surface area contributed by atoms with E-state index in [9.17, 15) is 9.59 Å². The summed E-state index contributed by atoms with van der Waals surface area (Å²) in [5.41, 5.74) is 6.72. The van der Waals surface area contributed by atoms with Crippen molar-refractivity contribution in [2.24, 2.45) is 5.73 Å². The van der Waals surface area contributed by atoms with Crippen molar-refractivity contribution in [1.82, 2.24) is 4.90 Å². The lowest BCUT2D eigenvalue weighted by atomic mass is 10.0. The van der Waals surface area contributed by atoms with Crippen LogP contribution in [0.3, 0.4) is 0 Å². The van der Waals surface area contributed by atoms with Crippen LogP contribution >= 0.6 is 0 Å². The first-order valence-electron chi connectivity index (χ1n) is 6.35. The SMILES string of the molecule is COC(=O)c1cccc(C(=O)N2CCC(N)CC2)c1. The van der Waals surface area contributed by atoms with Gasteiger partial charge in [-0.15, -0.1) is 0 Å². The highest BCUT2D eigenvalue weighted by Gasteiger charge is 2.22.